The van der Waals surface area contributed by atoms with Crippen LogP contribution in [0.15, 0.2) is 0 Å². The van der Waals surface area contributed by atoms with E-state index in [0.717, 1.165) is 0 Å². The number of piperidine rings is 1. The number of likely N-dealkylation sites (N-methyl/N-ethyl adjacent to an activating group) is 1. The van der Waals surface area contributed by atoms with Crippen LogP contribution in [-0.4, -0.2) is 25.7 Å². The lowest BCUT2D eigenvalue weighted by Gasteiger charge is -2.39. The van der Waals surface area contributed by atoms with Crippen LogP contribution in [0.5, 0.6) is 0 Å². The first kappa shape index (κ1) is 11.0. The maximum Gasteiger partial charge on any atom is 0.0266 e. The third-order valence-electron chi connectivity index (χ3n) is 2.99. The molecule has 0 saturated carbocycles. The Hall–Kier alpha value is -0.0800. The van der Waals surface area contributed by atoms with Crippen LogP contribution in [0.2, 0.25) is 0 Å². The van der Waals surface area contributed by atoms with E-state index >= 15 is 0 Å². The van der Waals surface area contributed by atoms with Crippen molar-refractivity contribution in [1.29, 1.82) is 0 Å². The van der Waals surface area contributed by atoms with Crippen LogP contribution in [-0.2, 0) is 0 Å². The predicted octanol–water partition coefficient (Wildman–Crippen LogP) is 1.76. The van der Waals surface area contributed by atoms with Gasteiger partial charge in [0.05, 0.1) is 0 Å². The summed E-state index contributed by atoms with van der Waals surface area (Å²) in [5.74, 6) is 0. The fourth-order valence-electron chi connectivity index (χ4n) is 2.40. The maximum absolute atomic E-state index is 3.61. The summed E-state index contributed by atoms with van der Waals surface area (Å²) < 4.78 is 0. The minimum Gasteiger partial charge on any atom is -0.315 e. The largest absolute Gasteiger partial charge is 0.315 e. The van der Waals surface area contributed by atoms with Gasteiger partial charge >= 0.3 is 0 Å². The number of rotatable bonds is 2. The highest BCUT2D eigenvalue weighted by Gasteiger charge is 2.31. The van der Waals surface area contributed by atoms with Gasteiger partial charge in [-0.2, -0.15) is 0 Å². The second-order valence-electron chi connectivity index (χ2n) is 5.19. The lowest BCUT2D eigenvalue weighted by Crippen LogP contribution is -2.54. The van der Waals surface area contributed by atoms with Gasteiger partial charge in [0.1, 0.15) is 0 Å². The third kappa shape index (κ3) is 2.96. The van der Waals surface area contributed by atoms with E-state index in [2.05, 4.69) is 38.5 Å². The monoisotopic (exact) mass is 184 g/mol. The predicted molar refractivity (Wildman–Crippen MR) is 57.9 cm³/mol. The fraction of sp³-hybridized carbons (Fsp3) is 1.00. The Morgan fingerprint density at radius 2 is 2.00 bits per heavy atom. The second kappa shape index (κ2) is 4.43. The molecule has 0 aromatic carbocycles. The van der Waals surface area contributed by atoms with Crippen molar-refractivity contribution in [1.82, 2.24) is 10.6 Å². The molecule has 2 atom stereocenters. The van der Waals surface area contributed by atoms with E-state index in [1.165, 1.54) is 25.8 Å². The molecular weight excluding hydrogens is 160 g/mol. The lowest BCUT2D eigenvalue weighted by molar-refractivity contribution is 0.197. The first-order chi connectivity index (χ1) is 6.05. The molecule has 2 heteroatoms. The van der Waals surface area contributed by atoms with Crippen LogP contribution in [0.1, 0.15) is 40.0 Å². The highest BCUT2D eigenvalue weighted by atomic mass is 15.0. The van der Waals surface area contributed by atoms with Gasteiger partial charge in [0.2, 0.25) is 0 Å². The Kier molecular flexibility index (Phi) is 3.74. The summed E-state index contributed by atoms with van der Waals surface area (Å²) in [5, 5.41) is 7.06. The van der Waals surface area contributed by atoms with Crippen molar-refractivity contribution in [2.45, 2.75) is 52.1 Å². The van der Waals surface area contributed by atoms with E-state index in [1.807, 2.05) is 0 Å². The van der Waals surface area contributed by atoms with Crippen molar-refractivity contribution in [3.05, 3.63) is 0 Å². The van der Waals surface area contributed by atoms with Gasteiger partial charge in [-0.15, -0.1) is 0 Å². The van der Waals surface area contributed by atoms with Crippen molar-refractivity contribution in [2.24, 2.45) is 5.41 Å². The molecule has 1 aliphatic heterocycles. The van der Waals surface area contributed by atoms with Gasteiger partial charge < -0.3 is 10.6 Å². The van der Waals surface area contributed by atoms with Crippen LogP contribution in [0.3, 0.4) is 0 Å². The third-order valence-corrected chi connectivity index (χ3v) is 2.99. The zero-order valence-corrected chi connectivity index (χ0v) is 9.48. The summed E-state index contributed by atoms with van der Waals surface area (Å²) in [7, 11) is 2.08. The molecular formula is C11H24N2. The summed E-state index contributed by atoms with van der Waals surface area (Å²) in [4.78, 5) is 0. The molecule has 0 bridgehead atoms. The van der Waals surface area contributed by atoms with E-state index in [1.54, 1.807) is 0 Å². The Balaban J connectivity index is 2.54. The molecule has 1 rings (SSSR count). The molecule has 1 fully saturated rings. The number of hydrogen-bond donors (Lipinski definition) is 2. The first-order valence-corrected chi connectivity index (χ1v) is 5.46. The molecule has 0 radical (unpaired) electrons. The van der Waals surface area contributed by atoms with Gasteiger partial charge in [-0.3, -0.25) is 0 Å². The summed E-state index contributed by atoms with van der Waals surface area (Å²) >= 11 is 0. The Labute approximate surface area is 82.5 Å². The van der Waals surface area contributed by atoms with Gasteiger partial charge in [-0.25, -0.2) is 0 Å². The van der Waals surface area contributed by atoms with E-state index in [0.29, 0.717) is 17.5 Å². The zero-order valence-electron chi connectivity index (χ0n) is 9.48. The highest BCUT2D eigenvalue weighted by molar-refractivity contribution is 4.91. The van der Waals surface area contributed by atoms with Gasteiger partial charge in [-0.1, -0.05) is 27.2 Å². The quantitative estimate of drug-likeness (QED) is 0.683. The van der Waals surface area contributed by atoms with Crippen molar-refractivity contribution in [2.75, 3.05) is 13.6 Å². The molecule has 0 aliphatic carbocycles. The summed E-state index contributed by atoms with van der Waals surface area (Å²) in [5.41, 5.74) is 0.351. The van der Waals surface area contributed by atoms with Gasteiger partial charge in [-0.05, 0) is 31.8 Å². The minimum absolute atomic E-state index is 0.351. The molecule has 1 heterocycles. The van der Waals surface area contributed by atoms with E-state index in [4.69, 9.17) is 0 Å². The average molecular weight is 184 g/mol. The smallest absolute Gasteiger partial charge is 0.0266 e. The van der Waals surface area contributed by atoms with E-state index in [9.17, 15) is 0 Å². The first-order valence-electron chi connectivity index (χ1n) is 5.46. The van der Waals surface area contributed by atoms with Crippen LogP contribution >= 0.6 is 0 Å². The maximum atomic E-state index is 3.61. The van der Waals surface area contributed by atoms with E-state index < -0.39 is 0 Å². The average Bonchev–Trinajstić information content (AvgIpc) is 2.05. The van der Waals surface area contributed by atoms with Gasteiger partial charge in [0, 0.05) is 12.1 Å². The Morgan fingerprint density at radius 3 is 2.38 bits per heavy atom. The summed E-state index contributed by atoms with van der Waals surface area (Å²) in [6.45, 7) is 8.12. The number of nitrogens with one attached hydrogen (secondary N) is 2. The Bertz CT molecular complexity index is 143. The molecule has 13 heavy (non-hydrogen) atoms. The summed E-state index contributed by atoms with van der Waals surface area (Å²) in [6, 6.07) is 1.26. The molecule has 2 nitrogen and oxygen atoms in total. The van der Waals surface area contributed by atoms with Crippen LogP contribution in [0.4, 0.5) is 0 Å². The number of hydrogen-bond acceptors (Lipinski definition) is 2. The Morgan fingerprint density at radius 1 is 1.31 bits per heavy atom. The molecule has 1 aliphatic rings. The van der Waals surface area contributed by atoms with E-state index in [-0.39, 0.29) is 0 Å². The lowest BCUT2D eigenvalue weighted by atomic mass is 9.80. The molecule has 2 N–H and O–H groups in total. The van der Waals surface area contributed by atoms with Gasteiger partial charge in [0.25, 0.3) is 0 Å². The van der Waals surface area contributed by atoms with Gasteiger partial charge in [0.15, 0.2) is 0 Å². The van der Waals surface area contributed by atoms with Crippen LogP contribution in [0.25, 0.3) is 0 Å². The van der Waals surface area contributed by atoms with Crippen molar-refractivity contribution in [3.8, 4) is 0 Å². The normalized spacial score (nSPS) is 27.2. The SMILES string of the molecule is CNC(C1CCCCN1)C(C)(C)C. The van der Waals surface area contributed by atoms with Crippen LogP contribution in [0, 0.1) is 5.41 Å². The highest BCUT2D eigenvalue weighted by Crippen LogP contribution is 2.25. The topological polar surface area (TPSA) is 24.1 Å². The van der Waals surface area contributed by atoms with Crippen LogP contribution < -0.4 is 10.6 Å². The van der Waals surface area contributed by atoms with Crippen molar-refractivity contribution >= 4 is 0 Å². The molecule has 0 amide bonds. The fourth-order valence-corrected chi connectivity index (χ4v) is 2.40. The van der Waals surface area contributed by atoms with Crippen molar-refractivity contribution in [3.63, 3.8) is 0 Å². The molecule has 0 aromatic rings. The minimum atomic E-state index is 0.351. The zero-order chi connectivity index (χ0) is 9.90. The standard InChI is InChI=1S/C11H24N2/c1-11(2,3)10(12-4)9-7-5-6-8-13-9/h9-10,12-13H,5-8H2,1-4H3. The molecule has 2 unspecified atom stereocenters. The molecule has 0 aromatic heterocycles. The summed E-state index contributed by atoms with van der Waals surface area (Å²) in [6.07, 6.45) is 4.05. The molecule has 1 saturated heterocycles. The molecule has 78 valence electrons. The molecule has 0 spiro atoms. The second-order valence-corrected chi connectivity index (χ2v) is 5.19. The van der Waals surface area contributed by atoms with Crippen molar-refractivity contribution < 1.29 is 0 Å².